The van der Waals surface area contributed by atoms with Gasteiger partial charge < -0.3 is 0 Å². The summed E-state index contributed by atoms with van der Waals surface area (Å²) in [7, 11) is 0. The van der Waals surface area contributed by atoms with Gasteiger partial charge >= 0.3 is 0 Å². The Balaban J connectivity index is 0.792. The van der Waals surface area contributed by atoms with Crippen molar-refractivity contribution in [3.05, 3.63) is 194 Å². The third-order valence-electron chi connectivity index (χ3n) is 11.3. The van der Waals surface area contributed by atoms with E-state index in [1.54, 1.807) is 0 Å². The van der Waals surface area contributed by atoms with Crippen LogP contribution in [0, 0.1) is 0 Å². The van der Waals surface area contributed by atoms with Gasteiger partial charge in [-0.1, -0.05) is 146 Å². The molecule has 0 radical (unpaired) electrons. The van der Waals surface area contributed by atoms with Gasteiger partial charge in [0.05, 0.1) is 9.40 Å². The lowest BCUT2D eigenvalue weighted by atomic mass is 10.0. The third-order valence-corrected chi connectivity index (χ3v) is 16.2. The molecule has 0 aliphatic rings. The molecule has 0 bridgehead atoms. The molecule has 0 nitrogen and oxygen atoms in total. The van der Waals surface area contributed by atoms with Gasteiger partial charge in [0.25, 0.3) is 0 Å². The van der Waals surface area contributed by atoms with Crippen molar-refractivity contribution in [1.29, 1.82) is 0 Å². The average molecular weight is 809 g/mol. The first-order valence-electron chi connectivity index (χ1n) is 19.5. The first-order chi connectivity index (χ1) is 28.7. The molecular formula is C54H32S4. The van der Waals surface area contributed by atoms with E-state index >= 15 is 0 Å². The van der Waals surface area contributed by atoms with Crippen molar-refractivity contribution in [3.8, 4) is 65.4 Å². The fourth-order valence-corrected chi connectivity index (χ4v) is 13.1. The first-order valence-corrected chi connectivity index (χ1v) is 22.7. The van der Waals surface area contributed by atoms with E-state index in [2.05, 4.69) is 194 Å². The van der Waals surface area contributed by atoms with E-state index in [4.69, 9.17) is 0 Å². The molecule has 0 spiro atoms. The molecule has 0 saturated heterocycles. The molecule has 8 aromatic carbocycles. The summed E-state index contributed by atoms with van der Waals surface area (Å²) in [4.78, 5) is 2.61. The predicted molar refractivity (Wildman–Crippen MR) is 258 cm³/mol. The zero-order valence-corrected chi connectivity index (χ0v) is 34.4. The molecule has 12 aromatic rings. The molecule has 272 valence electrons. The maximum absolute atomic E-state index is 2.38. The summed E-state index contributed by atoms with van der Waals surface area (Å²) in [5, 5.41) is 5.31. The van der Waals surface area contributed by atoms with E-state index < -0.39 is 0 Å². The van der Waals surface area contributed by atoms with Crippen molar-refractivity contribution in [3.63, 3.8) is 0 Å². The van der Waals surface area contributed by atoms with Gasteiger partial charge in [0, 0.05) is 39.3 Å². The Morgan fingerprint density at radius 3 is 1.00 bits per heavy atom. The normalized spacial score (nSPS) is 11.8. The summed E-state index contributed by atoms with van der Waals surface area (Å²) in [6, 6.07) is 71.8. The molecule has 0 amide bonds. The van der Waals surface area contributed by atoms with Crippen LogP contribution in [-0.2, 0) is 0 Å². The smallest absolute Gasteiger partial charge is 0.0542 e. The highest BCUT2D eigenvalue weighted by Crippen LogP contribution is 2.46. The maximum Gasteiger partial charge on any atom is 0.0542 e. The number of hydrogen-bond donors (Lipinski definition) is 0. The highest BCUT2D eigenvalue weighted by Gasteiger charge is 2.15. The molecule has 0 saturated carbocycles. The fraction of sp³-hybridized carbons (Fsp3) is 0. The second-order valence-electron chi connectivity index (χ2n) is 14.9. The first kappa shape index (κ1) is 33.9. The monoisotopic (exact) mass is 808 g/mol. The van der Waals surface area contributed by atoms with Gasteiger partial charge in [-0.3, -0.25) is 0 Å². The summed E-state index contributed by atoms with van der Waals surface area (Å²) in [5.74, 6) is 0. The molecule has 0 N–H and O–H groups in total. The molecule has 0 aliphatic heterocycles. The van der Waals surface area contributed by atoms with Gasteiger partial charge in [-0.15, -0.1) is 45.3 Å². The van der Waals surface area contributed by atoms with E-state index in [0.717, 1.165) is 0 Å². The summed E-state index contributed by atoms with van der Waals surface area (Å²) < 4.78 is 8.12. The Labute approximate surface area is 352 Å². The lowest BCUT2D eigenvalue weighted by Crippen LogP contribution is -1.78. The molecule has 0 unspecified atom stereocenters. The second kappa shape index (κ2) is 13.8. The fourth-order valence-electron chi connectivity index (χ4n) is 8.26. The van der Waals surface area contributed by atoms with Crippen molar-refractivity contribution in [1.82, 2.24) is 0 Å². The van der Waals surface area contributed by atoms with Crippen molar-refractivity contribution in [2.45, 2.75) is 0 Å². The molecule has 0 fully saturated rings. The minimum Gasteiger partial charge on any atom is -0.135 e. The summed E-state index contributed by atoms with van der Waals surface area (Å²) in [5.41, 5.74) is 12.6. The van der Waals surface area contributed by atoms with Crippen LogP contribution in [0.4, 0.5) is 0 Å². The zero-order valence-electron chi connectivity index (χ0n) is 31.1. The molecule has 4 heterocycles. The van der Waals surface area contributed by atoms with Crippen LogP contribution < -0.4 is 0 Å². The van der Waals surface area contributed by atoms with Crippen LogP contribution >= 0.6 is 45.3 Å². The Morgan fingerprint density at radius 2 is 0.569 bits per heavy atom. The SMILES string of the molecule is c1ccc(-c2ccc3sc(-c4ccc(-c5ccc6c(c5)sc5c7ccc(-c8ccc(-c9cc%10cc(-c%11ccccc%11)ccc%10s9)cc8)cc7sc65)cc4)cc3c2)cc1. The lowest BCUT2D eigenvalue weighted by Gasteiger charge is -2.04. The average Bonchev–Trinajstić information content (AvgIpc) is 4.08. The lowest BCUT2D eigenvalue weighted by molar-refractivity contribution is 1.65. The van der Waals surface area contributed by atoms with Gasteiger partial charge in [-0.05, 0) is 115 Å². The summed E-state index contributed by atoms with van der Waals surface area (Å²) in [6.07, 6.45) is 0. The highest BCUT2D eigenvalue weighted by atomic mass is 32.1. The van der Waals surface area contributed by atoms with Crippen LogP contribution in [0.25, 0.3) is 115 Å². The molecule has 0 aliphatic carbocycles. The minimum atomic E-state index is 1.25. The summed E-state index contributed by atoms with van der Waals surface area (Å²) >= 11 is 7.58. The number of rotatable bonds is 6. The molecular weight excluding hydrogens is 777 g/mol. The third kappa shape index (κ3) is 5.91. The molecule has 4 heteroatoms. The molecule has 0 atom stereocenters. The van der Waals surface area contributed by atoms with Gasteiger partial charge in [0.1, 0.15) is 0 Å². The van der Waals surface area contributed by atoms with E-state index in [0.29, 0.717) is 0 Å². The zero-order chi connectivity index (χ0) is 38.2. The van der Waals surface area contributed by atoms with E-state index in [-0.39, 0.29) is 0 Å². The van der Waals surface area contributed by atoms with Gasteiger partial charge in [-0.25, -0.2) is 0 Å². The standard InChI is InChI=1S/C54H32S4/c1-3-7-33(8-4-1)39-21-25-47-43(27-39)31-49(55-47)37-15-11-35(12-16-37)41-19-23-45-51(29-41)57-54-46-24-20-42(30-52(46)58-53(45)54)36-13-17-38(18-14-36)50-32-44-28-40(22-26-48(44)56-50)34-9-5-2-6-10-34/h1-32H. The topological polar surface area (TPSA) is 0 Å². The molecule has 58 heavy (non-hydrogen) atoms. The largest absolute Gasteiger partial charge is 0.135 e. The van der Waals surface area contributed by atoms with Crippen LogP contribution in [-0.4, -0.2) is 0 Å². The van der Waals surface area contributed by atoms with Crippen molar-refractivity contribution < 1.29 is 0 Å². The number of hydrogen-bond acceptors (Lipinski definition) is 4. The second-order valence-corrected chi connectivity index (χ2v) is 19.2. The Morgan fingerprint density at radius 1 is 0.224 bits per heavy atom. The minimum absolute atomic E-state index is 1.25. The van der Waals surface area contributed by atoms with Crippen LogP contribution in [0.1, 0.15) is 0 Å². The van der Waals surface area contributed by atoms with Gasteiger partial charge in [0.15, 0.2) is 0 Å². The molecule has 12 rings (SSSR count). The number of benzene rings is 8. The quantitative estimate of drug-likeness (QED) is 0.157. The van der Waals surface area contributed by atoms with Crippen LogP contribution in [0.2, 0.25) is 0 Å². The molecule has 4 aromatic heterocycles. The van der Waals surface area contributed by atoms with Gasteiger partial charge in [0.2, 0.25) is 0 Å². The van der Waals surface area contributed by atoms with Gasteiger partial charge in [-0.2, -0.15) is 0 Å². The van der Waals surface area contributed by atoms with E-state index in [9.17, 15) is 0 Å². The Kier molecular flexibility index (Phi) is 8.05. The van der Waals surface area contributed by atoms with Crippen molar-refractivity contribution in [2.75, 3.05) is 0 Å². The van der Waals surface area contributed by atoms with Crippen LogP contribution in [0.3, 0.4) is 0 Å². The number of thiophene rings is 4. The van der Waals surface area contributed by atoms with Crippen LogP contribution in [0.5, 0.6) is 0 Å². The van der Waals surface area contributed by atoms with E-state index in [1.807, 2.05) is 45.3 Å². The summed E-state index contributed by atoms with van der Waals surface area (Å²) in [6.45, 7) is 0. The number of fused-ring (bicyclic) bond motifs is 7. The van der Waals surface area contributed by atoms with E-state index in [1.165, 1.54) is 115 Å². The maximum atomic E-state index is 2.38. The Hall–Kier alpha value is -6.14. The predicted octanol–water partition coefficient (Wildman–Crippen LogP) is 17.7. The van der Waals surface area contributed by atoms with Crippen molar-refractivity contribution >= 4 is 95.1 Å². The highest BCUT2D eigenvalue weighted by molar-refractivity contribution is 7.36. The Bertz CT molecular complexity index is 3230. The van der Waals surface area contributed by atoms with Crippen molar-refractivity contribution in [2.24, 2.45) is 0 Å². The van der Waals surface area contributed by atoms with Crippen LogP contribution in [0.15, 0.2) is 194 Å².